The summed E-state index contributed by atoms with van der Waals surface area (Å²) in [7, 11) is 1.41. The first-order valence-corrected chi connectivity index (χ1v) is 11.2. The van der Waals surface area contributed by atoms with Crippen LogP contribution in [0.15, 0.2) is 66.7 Å². The van der Waals surface area contributed by atoms with Crippen molar-refractivity contribution in [1.29, 1.82) is 0 Å². The first-order chi connectivity index (χ1) is 16.3. The minimum Gasteiger partial charge on any atom is -0.496 e. The summed E-state index contributed by atoms with van der Waals surface area (Å²) >= 11 is 0. The molecule has 0 aromatic heterocycles. The molecule has 7 nitrogen and oxygen atoms in total. The molecule has 1 fully saturated rings. The molecule has 0 N–H and O–H groups in total. The third kappa shape index (κ3) is 2.17. The van der Waals surface area contributed by atoms with Gasteiger partial charge in [0.05, 0.1) is 29.9 Å². The molecule has 0 saturated carbocycles. The summed E-state index contributed by atoms with van der Waals surface area (Å²) in [5.74, 6) is -1.86. The highest BCUT2D eigenvalue weighted by Crippen LogP contribution is 2.66. The molecule has 0 radical (unpaired) electrons. The number of carbonyl (C=O) groups excluding carboxylic acids is 2. The van der Waals surface area contributed by atoms with Crippen LogP contribution in [-0.4, -0.2) is 23.8 Å². The van der Waals surface area contributed by atoms with E-state index in [0.29, 0.717) is 0 Å². The molecule has 0 spiro atoms. The Morgan fingerprint density at radius 2 is 1.26 bits per heavy atom. The van der Waals surface area contributed by atoms with E-state index in [1.54, 1.807) is 0 Å². The molecule has 3 aliphatic carbocycles. The van der Waals surface area contributed by atoms with Crippen LogP contribution < -0.4 is 9.64 Å². The van der Waals surface area contributed by atoms with Crippen molar-refractivity contribution in [1.82, 2.24) is 0 Å². The third-order valence-electron chi connectivity index (χ3n) is 8.26. The largest absolute Gasteiger partial charge is 0.496 e. The lowest BCUT2D eigenvalue weighted by Crippen LogP contribution is -2.59. The fraction of sp³-hybridized carbons (Fsp3) is 0.259. The molecule has 1 heterocycles. The number of carbonyl (C=O) groups is 2. The fourth-order valence-corrected chi connectivity index (χ4v) is 6.77. The Morgan fingerprint density at radius 3 is 1.65 bits per heavy atom. The zero-order valence-electron chi connectivity index (χ0n) is 18.9. The summed E-state index contributed by atoms with van der Waals surface area (Å²) in [6, 6.07) is 20.2. The fourth-order valence-electron chi connectivity index (χ4n) is 6.77. The van der Waals surface area contributed by atoms with E-state index in [0.717, 1.165) is 27.2 Å². The second-order valence-corrected chi connectivity index (χ2v) is 9.57. The number of imide groups is 1. The van der Waals surface area contributed by atoms with Crippen LogP contribution in [0, 0.1) is 22.0 Å². The second-order valence-electron chi connectivity index (χ2n) is 9.57. The Hall–Kier alpha value is -4.00. The van der Waals surface area contributed by atoms with Crippen LogP contribution >= 0.6 is 0 Å². The Bertz CT molecular complexity index is 1310. The molecule has 7 heteroatoms. The number of nitrogens with zero attached hydrogens (tertiary/aromatic N) is 2. The summed E-state index contributed by atoms with van der Waals surface area (Å²) < 4.78 is 5.14. The van der Waals surface area contributed by atoms with Gasteiger partial charge in [0.25, 0.3) is 5.69 Å². The van der Waals surface area contributed by atoms with Crippen molar-refractivity contribution in [3.8, 4) is 5.75 Å². The number of nitro groups is 1. The molecule has 2 amide bonds. The molecular weight excluding hydrogens is 432 g/mol. The maximum absolute atomic E-state index is 14.1. The van der Waals surface area contributed by atoms with Crippen molar-refractivity contribution in [2.45, 2.75) is 24.7 Å². The van der Waals surface area contributed by atoms with Gasteiger partial charge in [-0.05, 0) is 34.4 Å². The van der Waals surface area contributed by atoms with Gasteiger partial charge in [-0.1, -0.05) is 62.4 Å². The summed E-state index contributed by atoms with van der Waals surface area (Å²) in [6.07, 6.45) is 0. The van der Waals surface area contributed by atoms with E-state index < -0.39 is 39.4 Å². The van der Waals surface area contributed by atoms with Gasteiger partial charge in [-0.2, -0.15) is 0 Å². The summed E-state index contributed by atoms with van der Waals surface area (Å²) in [5, 5.41) is 11.9. The monoisotopic (exact) mass is 454 g/mol. The molecule has 3 aromatic carbocycles. The van der Waals surface area contributed by atoms with Crippen molar-refractivity contribution in [2.75, 3.05) is 12.0 Å². The number of hydrogen-bond donors (Lipinski definition) is 0. The predicted octanol–water partition coefficient (Wildman–Crippen LogP) is 4.35. The number of anilines is 1. The van der Waals surface area contributed by atoms with Gasteiger partial charge in [0.1, 0.15) is 11.4 Å². The van der Waals surface area contributed by atoms with Crippen LogP contribution in [0.25, 0.3) is 0 Å². The average Bonchev–Trinajstić information content (AvgIpc) is 3.13. The third-order valence-corrected chi connectivity index (χ3v) is 8.26. The number of benzene rings is 3. The van der Waals surface area contributed by atoms with Crippen LogP contribution in [0.1, 0.15) is 36.1 Å². The lowest BCUT2D eigenvalue weighted by Gasteiger charge is -2.57. The standard InChI is InChI=1S/C27H22N2O5/c1-26-16-8-4-6-10-18(16)27(2,19-11-7-5-9-17(19)26)23-22(26)24(30)28(25(23)31)20-13-12-15(34-3)14-21(20)29(32)33/h4-14,22-23H,1-3H3/t22-,23+,26?,27?. The number of nitro benzene ring substituents is 1. The predicted molar refractivity (Wildman–Crippen MR) is 125 cm³/mol. The second kappa shape index (κ2) is 6.53. The van der Waals surface area contributed by atoms with Gasteiger partial charge in [-0.3, -0.25) is 19.7 Å². The number of ether oxygens (including phenoxy) is 1. The topological polar surface area (TPSA) is 89.8 Å². The van der Waals surface area contributed by atoms with Crippen molar-refractivity contribution < 1.29 is 19.2 Å². The maximum Gasteiger partial charge on any atom is 0.297 e. The van der Waals surface area contributed by atoms with Gasteiger partial charge in [0.2, 0.25) is 11.8 Å². The molecule has 34 heavy (non-hydrogen) atoms. The van der Waals surface area contributed by atoms with E-state index in [2.05, 4.69) is 0 Å². The first-order valence-electron chi connectivity index (χ1n) is 11.2. The normalized spacial score (nSPS) is 28.4. The Labute approximate surface area is 196 Å². The maximum atomic E-state index is 14.1. The van der Waals surface area contributed by atoms with Crippen molar-refractivity contribution in [3.05, 3.63) is 99.1 Å². The van der Waals surface area contributed by atoms with E-state index in [4.69, 9.17) is 4.74 Å². The molecule has 0 unspecified atom stereocenters. The number of amides is 2. The van der Waals surface area contributed by atoms with Gasteiger partial charge < -0.3 is 4.74 Å². The molecule has 170 valence electrons. The SMILES string of the molecule is COc1ccc(N2C(=O)[C@@H]3[C@H](C2=O)C2(C)c4ccccc4C3(C)c3ccccc32)c([N+](=O)[O-])c1. The molecule has 1 saturated heterocycles. The van der Waals surface area contributed by atoms with E-state index in [-0.39, 0.29) is 17.1 Å². The van der Waals surface area contributed by atoms with Crippen LogP contribution in [0.3, 0.4) is 0 Å². The van der Waals surface area contributed by atoms with E-state index in [1.807, 2.05) is 62.4 Å². The Balaban J connectivity index is 1.63. The average molecular weight is 454 g/mol. The van der Waals surface area contributed by atoms with Crippen molar-refractivity contribution in [2.24, 2.45) is 11.8 Å². The minimum atomic E-state index is -0.738. The van der Waals surface area contributed by atoms with Crippen LogP contribution in [-0.2, 0) is 20.4 Å². The molecular formula is C27H22N2O5. The lowest BCUT2D eigenvalue weighted by molar-refractivity contribution is -0.384. The van der Waals surface area contributed by atoms with Crippen LogP contribution in [0.5, 0.6) is 5.75 Å². The van der Waals surface area contributed by atoms with Gasteiger partial charge in [0, 0.05) is 10.8 Å². The smallest absolute Gasteiger partial charge is 0.297 e. The van der Waals surface area contributed by atoms with Gasteiger partial charge in [-0.25, -0.2) is 4.90 Å². The van der Waals surface area contributed by atoms with E-state index >= 15 is 0 Å². The summed E-state index contributed by atoms with van der Waals surface area (Å²) in [4.78, 5) is 40.5. The number of methoxy groups -OCH3 is 1. The Morgan fingerprint density at radius 1 is 0.824 bits per heavy atom. The summed E-state index contributed by atoms with van der Waals surface area (Å²) in [6.45, 7) is 4.05. The van der Waals surface area contributed by atoms with Crippen molar-refractivity contribution >= 4 is 23.2 Å². The molecule has 3 aromatic rings. The molecule has 1 aliphatic heterocycles. The number of hydrogen-bond acceptors (Lipinski definition) is 5. The highest BCUT2D eigenvalue weighted by atomic mass is 16.6. The molecule has 7 rings (SSSR count). The summed E-state index contributed by atoms with van der Waals surface area (Å²) in [5.41, 5.74) is 2.30. The highest BCUT2D eigenvalue weighted by Gasteiger charge is 2.71. The molecule has 4 aliphatic rings. The quantitative estimate of drug-likeness (QED) is 0.334. The Kier molecular flexibility index (Phi) is 3.96. The lowest BCUT2D eigenvalue weighted by atomic mass is 9.42. The van der Waals surface area contributed by atoms with Gasteiger partial charge >= 0.3 is 0 Å². The highest BCUT2D eigenvalue weighted by molar-refractivity contribution is 6.25. The van der Waals surface area contributed by atoms with Gasteiger partial charge in [-0.15, -0.1) is 0 Å². The first kappa shape index (κ1) is 20.6. The number of rotatable bonds is 3. The molecule has 2 bridgehead atoms. The zero-order valence-corrected chi connectivity index (χ0v) is 18.9. The van der Waals surface area contributed by atoms with Crippen LogP contribution in [0.2, 0.25) is 0 Å². The van der Waals surface area contributed by atoms with E-state index in [1.165, 1.54) is 25.3 Å². The van der Waals surface area contributed by atoms with Crippen molar-refractivity contribution in [3.63, 3.8) is 0 Å². The van der Waals surface area contributed by atoms with E-state index in [9.17, 15) is 19.7 Å². The molecule has 2 atom stereocenters. The zero-order chi connectivity index (χ0) is 24.0. The minimum absolute atomic E-state index is 0.0186. The van der Waals surface area contributed by atoms with Crippen LogP contribution in [0.4, 0.5) is 11.4 Å². The van der Waals surface area contributed by atoms with Gasteiger partial charge in [0.15, 0.2) is 0 Å².